The van der Waals surface area contributed by atoms with Crippen LogP contribution in [0.3, 0.4) is 0 Å². The van der Waals surface area contributed by atoms with Crippen LogP contribution in [0.2, 0.25) is 0 Å². The molecule has 1 unspecified atom stereocenters. The number of aromatic nitrogens is 1. The van der Waals surface area contributed by atoms with Crippen molar-refractivity contribution < 1.29 is 19.2 Å². The number of ether oxygens (including phenoxy) is 1. The van der Waals surface area contributed by atoms with Crippen molar-refractivity contribution in [3.8, 4) is 0 Å². The van der Waals surface area contributed by atoms with Gasteiger partial charge in [-0.15, -0.1) is 0 Å². The number of hydrogen-bond acceptors (Lipinski definition) is 3. The molecule has 0 saturated heterocycles. The Morgan fingerprint density at radius 2 is 2.07 bits per heavy atom. The highest BCUT2D eigenvalue weighted by molar-refractivity contribution is 5.26. The maximum atomic E-state index is 10.4. The summed E-state index contributed by atoms with van der Waals surface area (Å²) in [6.45, 7) is 9.74. The molecule has 5 heteroatoms. The molecule has 154 valence electrons. The van der Waals surface area contributed by atoms with Crippen LogP contribution in [0.25, 0.3) is 0 Å². The quantitative estimate of drug-likeness (QED) is 0.464. The lowest BCUT2D eigenvalue weighted by Crippen LogP contribution is -3.11. The van der Waals surface area contributed by atoms with Gasteiger partial charge in [-0.3, -0.25) is 0 Å². The maximum absolute atomic E-state index is 10.4. The SMILES string of the molecule is C=CC[NH+](Cc1cccn1Cc1ccccc1C)C[C@H](O)COCc1ccco1. The van der Waals surface area contributed by atoms with Crippen LogP contribution < -0.4 is 4.90 Å². The van der Waals surface area contributed by atoms with Gasteiger partial charge in [0.1, 0.15) is 31.6 Å². The monoisotopic (exact) mass is 395 g/mol. The smallest absolute Gasteiger partial charge is 0.129 e. The standard InChI is InChI=1S/C24H30N2O3/c1-3-12-25(17-23(27)18-28-19-24-11-7-14-29-24)16-22-10-6-13-26(22)15-21-9-5-4-8-20(21)2/h3-11,13-14,23,27H,1,12,15-19H2,2H3/p+1/t23-/m0/s1. The van der Waals surface area contributed by atoms with E-state index in [9.17, 15) is 5.11 Å². The Kier molecular flexibility index (Phi) is 7.87. The van der Waals surface area contributed by atoms with Crippen LogP contribution in [0.5, 0.6) is 0 Å². The Bertz CT molecular complexity index is 870. The molecule has 0 radical (unpaired) electrons. The minimum Gasteiger partial charge on any atom is -0.467 e. The zero-order chi connectivity index (χ0) is 20.5. The van der Waals surface area contributed by atoms with Gasteiger partial charge in [0.05, 0.1) is 25.1 Å². The summed E-state index contributed by atoms with van der Waals surface area (Å²) in [5.41, 5.74) is 3.86. The van der Waals surface area contributed by atoms with Gasteiger partial charge in [-0.2, -0.15) is 0 Å². The Balaban J connectivity index is 1.55. The molecule has 0 spiro atoms. The number of aryl methyl sites for hydroxylation is 1. The lowest BCUT2D eigenvalue weighted by molar-refractivity contribution is -0.911. The van der Waals surface area contributed by atoms with E-state index in [2.05, 4.69) is 60.7 Å². The number of nitrogens with one attached hydrogen (secondary N) is 1. The highest BCUT2D eigenvalue weighted by atomic mass is 16.5. The van der Waals surface area contributed by atoms with Gasteiger partial charge in [-0.1, -0.05) is 30.8 Å². The van der Waals surface area contributed by atoms with Gasteiger partial charge in [0, 0.05) is 12.7 Å². The van der Waals surface area contributed by atoms with Crippen LogP contribution in [0.1, 0.15) is 22.6 Å². The first-order valence-corrected chi connectivity index (χ1v) is 10.1. The molecule has 5 nitrogen and oxygen atoms in total. The van der Waals surface area contributed by atoms with Crippen LogP contribution in [0.15, 0.2) is 78.1 Å². The molecule has 2 heterocycles. The molecule has 0 amide bonds. The zero-order valence-electron chi connectivity index (χ0n) is 17.1. The van der Waals surface area contributed by atoms with Crippen molar-refractivity contribution in [1.29, 1.82) is 0 Å². The largest absolute Gasteiger partial charge is 0.467 e. The lowest BCUT2D eigenvalue weighted by atomic mass is 10.1. The van der Waals surface area contributed by atoms with Gasteiger partial charge < -0.3 is 23.7 Å². The molecule has 0 bridgehead atoms. The molecule has 3 rings (SSSR count). The van der Waals surface area contributed by atoms with Crippen LogP contribution >= 0.6 is 0 Å². The number of nitrogens with zero attached hydrogens (tertiary/aromatic N) is 1. The van der Waals surface area contributed by atoms with E-state index in [1.54, 1.807) is 6.26 Å². The second-order valence-electron chi connectivity index (χ2n) is 7.43. The summed E-state index contributed by atoms with van der Waals surface area (Å²) in [6, 6.07) is 16.4. The summed E-state index contributed by atoms with van der Waals surface area (Å²) < 4.78 is 13.1. The molecule has 29 heavy (non-hydrogen) atoms. The number of quaternary nitrogens is 1. The fourth-order valence-corrected chi connectivity index (χ4v) is 3.51. The molecule has 1 aromatic carbocycles. The van der Waals surface area contributed by atoms with Crippen molar-refractivity contribution in [2.75, 3.05) is 19.7 Å². The van der Waals surface area contributed by atoms with Crippen LogP contribution in [-0.2, 0) is 24.4 Å². The van der Waals surface area contributed by atoms with Crippen molar-refractivity contribution >= 4 is 0 Å². The van der Waals surface area contributed by atoms with Gasteiger partial charge in [0.2, 0.25) is 0 Å². The lowest BCUT2D eigenvalue weighted by Gasteiger charge is -2.22. The molecule has 0 aliphatic rings. The van der Waals surface area contributed by atoms with Crippen LogP contribution in [0, 0.1) is 6.92 Å². The minimum absolute atomic E-state index is 0.283. The van der Waals surface area contributed by atoms with E-state index < -0.39 is 6.10 Å². The summed E-state index contributed by atoms with van der Waals surface area (Å²) in [7, 11) is 0. The van der Waals surface area contributed by atoms with Gasteiger partial charge in [0.25, 0.3) is 0 Å². The number of rotatable bonds is 12. The van der Waals surface area contributed by atoms with Gasteiger partial charge >= 0.3 is 0 Å². The summed E-state index contributed by atoms with van der Waals surface area (Å²) >= 11 is 0. The summed E-state index contributed by atoms with van der Waals surface area (Å²) in [5, 5.41) is 10.4. The van der Waals surface area contributed by atoms with E-state index in [0.717, 1.165) is 25.4 Å². The third-order valence-corrected chi connectivity index (χ3v) is 5.05. The predicted octanol–water partition coefficient (Wildman–Crippen LogP) is 2.59. The molecule has 0 saturated carbocycles. The van der Waals surface area contributed by atoms with E-state index in [1.807, 2.05) is 18.2 Å². The number of aliphatic hydroxyl groups excluding tert-OH is 1. The van der Waals surface area contributed by atoms with E-state index in [0.29, 0.717) is 13.2 Å². The second kappa shape index (κ2) is 10.8. The van der Waals surface area contributed by atoms with E-state index in [1.165, 1.54) is 21.7 Å². The number of aliphatic hydroxyl groups is 1. The molecule has 2 N–H and O–H groups in total. The minimum atomic E-state index is -0.542. The molecule has 2 aromatic heterocycles. The highest BCUT2D eigenvalue weighted by Gasteiger charge is 2.17. The van der Waals surface area contributed by atoms with Crippen molar-refractivity contribution in [2.24, 2.45) is 0 Å². The maximum Gasteiger partial charge on any atom is 0.129 e. The third-order valence-electron chi connectivity index (χ3n) is 5.05. The van der Waals surface area contributed by atoms with Gasteiger partial charge in [0.15, 0.2) is 0 Å². The van der Waals surface area contributed by atoms with Crippen molar-refractivity contribution in [3.63, 3.8) is 0 Å². The molecule has 2 atom stereocenters. The summed E-state index contributed by atoms with van der Waals surface area (Å²) in [4.78, 5) is 1.25. The first-order valence-electron chi connectivity index (χ1n) is 10.1. The van der Waals surface area contributed by atoms with Crippen molar-refractivity contribution in [3.05, 3.63) is 96.2 Å². The molecule has 0 aliphatic heterocycles. The van der Waals surface area contributed by atoms with Crippen molar-refractivity contribution in [2.45, 2.75) is 32.7 Å². The normalized spacial score (nSPS) is 13.3. The first-order chi connectivity index (χ1) is 14.2. The van der Waals surface area contributed by atoms with Gasteiger partial charge in [-0.05, 0) is 48.4 Å². The fraction of sp³-hybridized carbons (Fsp3) is 0.333. The second-order valence-corrected chi connectivity index (χ2v) is 7.43. The summed E-state index contributed by atoms with van der Waals surface area (Å²) in [5.74, 6) is 0.765. The van der Waals surface area contributed by atoms with Gasteiger partial charge in [-0.25, -0.2) is 0 Å². The number of benzene rings is 1. The summed E-state index contributed by atoms with van der Waals surface area (Å²) in [6.07, 6.45) is 5.10. The van der Waals surface area contributed by atoms with E-state index in [-0.39, 0.29) is 6.61 Å². The van der Waals surface area contributed by atoms with Crippen LogP contribution in [-0.4, -0.2) is 35.5 Å². The molecular weight excluding hydrogens is 364 g/mol. The highest BCUT2D eigenvalue weighted by Crippen LogP contribution is 2.11. The van der Waals surface area contributed by atoms with Crippen molar-refractivity contribution in [1.82, 2.24) is 4.57 Å². The zero-order valence-corrected chi connectivity index (χ0v) is 17.1. The molecule has 0 aliphatic carbocycles. The predicted molar refractivity (Wildman–Crippen MR) is 114 cm³/mol. The molecule has 3 aromatic rings. The fourth-order valence-electron chi connectivity index (χ4n) is 3.51. The van der Waals surface area contributed by atoms with E-state index >= 15 is 0 Å². The first kappa shape index (κ1) is 21.1. The average molecular weight is 396 g/mol. The third kappa shape index (κ3) is 6.46. The number of furan rings is 1. The molecule has 0 fully saturated rings. The Morgan fingerprint density at radius 1 is 1.21 bits per heavy atom. The van der Waals surface area contributed by atoms with E-state index in [4.69, 9.17) is 9.15 Å². The van der Waals surface area contributed by atoms with Crippen LogP contribution in [0.4, 0.5) is 0 Å². The Labute approximate surface area is 172 Å². The molecular formula is C24H31N2O3+. The number of hydrogen-bond donors (Lipinski definition) is 2. The topological polar surface area (TPSA) is 52.0 Å². The Hall–Kier alpha value is -2.60. The average Bonchev–Trinajstić information content (AvgIpc) is 3.36. The Morgan fingerprint density at radius 3 is 2.83 bits per heavy atom.